The van der Waals surface area contributed by atoms with Gasteiger partial charge >= 0.3 is 5.97 Å². The smallest absolute Gasteiger partial charge is 0.332 e. The van der Waals surface area contributed by atoms with Crippen molar-refractivity contribution in [1.82, 2.24) is 15.0 Å². The van der Waals surface area contributed by atoms with Crippen molar-refractivity contribution in [3.63, 3.8) is 0 Å². The lowest BCUT2D eigenvalue weighted by molar-refractivity contribution is -0.150. The van der Waals surface area contributed by atoms with E-state index < -0.39 is 18.2 Å². The van der Waals surface area contributed by atoms with Crippen molar-refractivity contribution in [3.8, 4) is 0 Å². The first-order valence-electron chi connectivity index (χ1n) is 6.79. The number of carboxylic acids is 1. The Balaban J connectivity index is 1.64. The second-order valence-corrected chi connectivity index (χ2v) is 5.25. The molecular formula is C12H18N4O4. The van der Waals surface area contributed by atoms with Gasteiger partial charge in [0.25, 0.3) is 11.8 Å². The average Bonchev–Trinajstić information content (AvgIpc) is 3.08. The topological polar surface area (TPSA) is 91.9 Å². The summed E-state index contributed by atoms with van der Waals surface area (Å²) >= 11 is 0. The van der Waals surface area contributed by atoms with Gasteiger partial charge in [0.1, 0.15) is 6.10 Å². The number of anilines is 1. The van der Waals surface area contributed by atoms with Crippen LogP contribution >= 0.6 is 0 Å². The number of aliphatic carboxylic acids is 1. The molecule has 3 heterocycles. The molecule has 0 radical (unpaired) electrons. The molecule has 1 aromatic rings. The lowest BCUT2D eigenvalue weighted by Gasteiger charge is -2.31. The average molecular weight is 282 g/mol. The summed E-state index contributed by atoms with van der Waals surface area (Å²) < 4.78 is 10.6. The van der Waals surface area contributed by atoms with E-state index in [2.05, 4.69) is 27.0 Å². The van der Waals surface area contributed by atoms with Crippen LogP contribution in [0.25, 0.3) is 0 Å². The molecule has 0 saturated carbocycles. The summed E-state index contributed by atoms with van der Waals surface area (Å²) in [6.07, 6.45) is -0.0862. The summed E-state index contributed by atoms with van der Waals surface area (Å²) in [6, 6.07) is 0. The highest BCUT2D eigenvalue weighted by Crippen LogP contribution is 2.32. The zero-order chi connectivity index (χ0) is 14.1. The van der Waals surface area contributed by atoms with Gasteiger partial charge in [-0.05, 0) is 25.0 Å². The molecule has 2 unspecified atom stereocenters. The standard InChI is InChI=1S/C12H18N4O4/c1-15-4-6-16(7-5-15)12-13-10(20-14-12)8-2-3-9(19-8)11(17)18/h8-9H,2-7H2,1H3,(H,17,18). The van der Waals surface area contributed by atoms with Gasteiger partial charge in [0.15, 0.2) is 6.10 Å². The van der Waals surface area contributed by atoms with E-state index in [1.54, 1.807) is 0 Å². The number of ether oxygens (including phenoxy) is 1. The fraction of sp³-hybridized carbons (Fsp3) is 0.750. The normalized spacial score (nSPS) is 27.9. The first-order chi connectivity index (χ1) is 9.63. The van der Waals surface area contributed by atoms with E-state index in [1.807, 2.05) is 0 Å². The quantitative estimate of drug-likeness (QED) is 0.836. The van der Waals surface area contributed by atoms with Crippen LogP contribution in [-0.4, -0.2) is 65.4 Å². The highest BCUT2D eigenvalue weighted by molar-refractivity contribution is 5.72. The maximum Gasteiger partial charge on any atom is 0.332 e. The molecule has 0 spiro atoms. The Bertz CT molecular complexity index is 484. The second-order valence-electron chi connectivity index (χ2n) is 5.25. The molecule has 2 atom stereocenters. The maximum absolute atomic E-state index is 10.9. The van der Waals surface area contributed by atoms with E-state index >= 15 is 0 Å². The lowest BCUT2D eigenvalue weighted by atomic mass is 10.2. The number of aromatic nitrogens is 2. The van der Waals surface area contributed by atoms with Crippen molar-refractivity contribution in [2.75, 3.05) is 38.1 Å². The molecular weight excluding hydrogens is 264 g/mol. The van der Waals surface area contributed by atoms with E-state index in [0.29, 0.717) is 24.7 Å². The van der Waals surface area contributed by atoms with Crippen LogP contribution in [0, 0.1) is 0 Å². The Morgan fingerprint density at radius 2 is 2.05 bits per heavy atom. The molecule has 2 saturated heterocycles. The third kappa shape index (κ3) is 2.61. The zero-order valence-corrected chi connectivity index (χ0v) is 11.4. The van der Waals surface area contributed by atoms with E-state index in [0.717, 1.165) is 26.2 Å². The summed E-state index contributed by atoms with van der Waals surface area (Å²) in [5, 5.41) is 12.9. The largest absolute Gasteiger partial charge is 0.479 e. The van der Waals surface area contributed by atoms with Gasteiger partial charge in [0.05, 0.1) is 0 Å². The van der Waals surface area contributed by atoms with Crippen LogP contribution in [0.5, 0.6) is 0 Å². The molecule has 20 heavy (non-hydrogen) atoms. The molecule has 2 aliphatic rings. The predicted octanol–water partition coefficient (Wildman–Crippen LogP) is 0.126. The fourth-order valence-electron chi connectivity index (χ4n) is 2.49. The minimum Gasteiger partial charge on any atom is -0.479 e. The summed E-state index contributed by atoms with van der Waals surface area (Å²) in [5.74, 6) is 0.00413. The fourth-order valence-corrected chi connectivity index (χ4v) is 2.49. The molecule has 8 nitrogen and oxygen atoms in total. The van der Waals surface area contributed by atoms with Crippen LogP contribution < -0.4 is 4.90 Å². The monoisotopic (exact) mass is 282 g/mol. The molecule has 2 fully saturated rings. The first-order valence-corrected chi connectivity index (χ1v) is 6.79. The van der Waals surface area contributed by atoms with E-state index in [9.17, 15) is 4.79 Å². The van der Waals surface area contributed by atoms with Gasteiger partial charge in [-0.3, -0.25) is 0 Å². The Morgan fingerprint density at radius 1 is 1.30 bits per heavy atom. The third-order valence-corrected chi connectivity index (χ3v) is 3.79. The molecule has 2 aliphatic heterocycles. The van der Waals surface area contributed by atoms with Gasteiger partial charge in [-0.2, -0.15) is 4.98 Å². The van der Waals surface area contributed by atoms with Crippen LogP contribution in [0.4, 0.5) is 5.95 Å². The number of carboxylic acid groups (broad SMARTS) is 1. The highest BCUT2D eigenvalue weighted by Gasteiger charge is 2.35. The molecule has 0 amide bonds. The molecule has 1 aromatic heterocycles. The Kier molecular flexibility index (Phi) is 3.58. The Morgan fingerprint density at radius 3 is 2.70 bits per heavy atom. The minimum absolute atomic E-state index is 0.377. The van der Waals surface area contributed by atoms with Crippen LogP contribution in [0.15, 0.2) is 4.52 Å². The van der Waals surface area contributed by atoms with Gasteiger partial charge in [-0.1, -0.05) is 0 Å². The minimum atomic E-state index is -0.939. The van der Waals surface area contributed by atoms with Crippen LogP contribution in [0.3, 0.4) is 0 Å². The van der Waals surface area contributed by atoms with Crippen LogP contribution in [0.1, 0.15) is 24.8 Å². The summed E-state index contributed by atoms with van der Waals surface area (Å²) in [7, 11) is 2.08. The molecule has 8 heteroatoms. The molecule has 0 aromatic carbocycles. The van der Waals surface area contributed by atoms with Crippen LogP contribution in [-0.2, 0) is 9.53 Å². The number of likely N-dealkylation sites (N-methyl/N-ethyl adjacent to an activating group) is 1. The first kappa shape index (κ1) is 13.3. The number of nitrogens with zero attached hydrogens (tertiary/aromatic N) is 4. The van der Waals surface area contributed by atoms with Gasteiger partial charge < -0.3 is 24.2 Å². The second kappa shape index (κ2) is 5.37. The van der Waals surface area contributed by atoms with Crippen molar-refractivity contribution in [1.29, 1.82) is 0 Å². The third-order valence-electron chi connectivity index (χ3n) is 3.79. The van der Waals surface area contributed by atoms with E-state index in [1.165, 1.54) is 0 Å². The number of hydrogen-bond acceptors (Lipinski definition) is 7. The van der Waals surface area contributed by atoms with Gasteiger partial charge in [-0.15, -0.1) is 0 Å². The number of carbonyl (C=O) groups is 1. The SMILES string of the molecule is CN1CCN(c2noc(C3CCC(C(=O)O)O3)n2)CC1. The van der Waals surface area contributed by atoms with Crippen molar-refractivity contribution in [2.45, 2.75) is 25.0 Å². The van der Waals surface area contributed by atoms with Crippen molar-refractivity contribution in [2.24, 2.45) is 0 Å². The number of piperazine rings is 1. The zero-order valence-electron chi connectivity index (χ0n) is 11.4. The molecule has 110 valence electrons. The Labute approximate surface area is 116 Å². The van der Waals surface area contributed by atoms with Crippen molar-refractivity contribution < 1.29 is 19.2 Å². The predicted molar refractivity (Wildman–Crippen MR) is 68.5 cm³/mol. The summed E-state index contributed by atoms with van der Waals surface area (Å²) in [4.78, 5) is 19.5. The number of rotatable bonds is 3. The van der Waals surface area contributed by atoms with Gasteiger partial charge in [0, 0.05) is 26.2 Å². The number of hydrogen-bond donors (Lipinski definition) is 1. The molecule has 0 aliphatic carbocycles. The van der Waals surface area contributed by atoms with Gasteiger partial charge in [0.2, 0.25) is 0 Å². The van der Waals surface area contributed by atoms with Crippen molar-refractivity contribution in [3.05, 3.63) is 5.89 Å². The highest BCUT2D eigenvalue weighted by atomic mass is 16.6. The van der Waals surface area contributed by atoms with Gasteiger partial charge in [-0.25, -0.2) is 4.79 Å². The lowest BCUT2D eigenvalue weighted by Crippen LogP contribution is -2.44. The molecule has 0 bridgehead atoms. The van der Waals surface area contributed by atoms with Crippen LogP contribution in [0.2, 0.25) is 0 Å². The summed E-state index contributed by atoms with van der Waals surface area (Å²) in [5.41, 5.74) is 0. The summed E-state index contributed by atoms with van der Waals surface area (Å²) in [6.45, 7) is 3.65. The van der Waals surface area contributed by atoms with Crippen molar-refractivity contribution >= 4 is 11.9 Å². The van der Waals surface area contributed by atoms with E-state index in [4.69, 9.17) is 14.4 Å². The van der Waals surface area contributed by atoms with E-state index in [-0.39, 0.29) is 0 Å². The maximum atomic E-state index is 10.9. The molecule has 3 rings (SSSR count). The molecule has 1 N–H and O–H groups in total. The Hall–Kier alpha value is -1.67.